The molecule has 0 unspecified atom stereocenters. The van der Waals surface area contributed by atoms with Crippen molar-refractivity contribution < 1.29 is 13.2 Å². The third-order valence-corrected chi connectivity index (χ3v) is 6.55. The molecule has 1 heterocycles. The van der Waals surface area contributed by atoms with Gasteiger partial charge in [0.2, 0.25) is 10.0 Å². The first-order valence-electron chi connectivity index (χ1n) is 10.1. The van der Waals surface area contributed by atoms with E-state index in [1.807, 2.05) is 6.07 Å². The van der Waals surface area contributed by atoms with Gasteiger partial charge in [0.05, 0.1) is 11.5 Å². The predicted molar refractivity (Wildman–Crippen MR) is 117 cm³/mol. The molecule has 1 aromatic rings. The standard InChI is InChI=1S/C20H35N5O3S/c1-16(2)25-11-8-18(9-12-25)24-20(21-3)22-15-17-6-5-7-19(14-17)29(26,27)23-10-13-28-4/h5-7,14,16,18,23H,8-13,15H2,1-4H3,(H2,21,22,24). The van der Waals surface area contributed by atoms with Crippen molar-refractivity contribution in [3.8, 4) is 0 Å². The summed E-state index contributed by atoms with van der Waals surface area (Å²) in [5, 5.41) is 6.77. The summed E-state index contributed by atoms with van der Waals surface area (Å²) < 4.78 is 32.2. The summed E-state index contributed by atoms with van der Waals surface area (Å²) >= 11 is 0. The van der Waals surface area contributed by atoms with Crippen molar-refractivity contribution in [2.75, 3.05) is 40.4 Å². The summed E-state index contributed by atoms with van der Waals surface area (Å²) in [5.74, 6) is 0.736. The van der Waals surface area contributed by atoms with Crippen LogP contribution in [0.4, 0.5) is 0 Å². The van der Waals surface area contributed by atoms with E-state index in [1.165, 1.54) is 7.11 Å². The predicted octanol–water partition coefficient (Wildman–Crippen LogP) is 1.15. The Labute approximate surface area is 175 Å². The van der Waals surface area contributed by atoms with Gasteiger partial charge in [-0.3, -0.25) is 4.99 Å². The molecule has 164 valence electrons. The number of nitrogens with zero attached hydrogens (tertiary/aromatic N) is 2. The molecule has 0 aliphatic carbocycles. The number of sulfonamides is 1. The summed E-state index contributed by atoms with van der Waals surface area (Å²) in [6, 6.07) is 7.90. The minimum Gasteiger partial charge on any atom is -0.383 e. The van der Waals surface area contributed by atoms with Crippen LogP contribution in [0.15, 0.2) is 34.2 Å². The number of nitrogens with one attached hydrogen (secondary N) is 3. The van der Waals surface area contributed by atoms with E-state index in [1.54, 1.807) is 25.2 Å². The lowest BCUT2D eigenvalue weighted by Gasteiger charge is -2.35. The monoisotopic (exact) mass is 425 g/mol. The van der Waals surface area contributed by atoms with Gasteiger partial charge in [0.15, 0.2) is 5.96 Å². The first-order chi connectivity index (χ1) is 13.9. The zero-order chi connectivity index (χ0) is 21.3. The molecule has 29 heavy (non-hydrogen) atoms. The summed E-state index contributed by atoms with van der Waals surface area (Å²) in [7, 11) is -0.256. The number of methoxy groups -OCH3 is 1. The van der Waals surface area contributed by atoms with E-state index in [2.05, 4.69) is 39.1 Å². The van der Waals surface area contributed by atoms with Crippen LogP contribution < -0.4 is 15.4 Å². The van der Waals surface area contributed by atoms with Crippen LogP contribution >= 0.6 is 0 Å². The molecule has 2 rings (SSSR count). The molecular weight excluding hydrogens is 390 g/mol. The maximum atomic E-state index is 12.4. The van der Waals surface area contributed by atoms with Gasteiger partial charge in [0, 0.05) is 52.4 Å². The lowest BCUT2D eigenvalue weighted by molar-refractivity contribution is 0.167. The van der Waals surface area contributed by atoms with Crippen LogP contribution in [-0.2, 0) is 21.3 Å². The van der Waals surface area contributed by atoms with Gasteiger partial charge in [0.25, 0.3) is 0 Å². The topological polar surface area (TPSA) is 95.1 Å². The minimum atomic E-state index is -3.54. The molecule has 1 aliphatic rings. The zero-order valence-corrected chi connectivity index (χ0v) is 18.8. The molecule has 0 spiro atoms. The number of hydrogen-bond donors (Lipinski definition) is 3. The summed E-state index contributed by atoms with van der Waals surface area (Å²) in [6.07, 6.45) is 2.17. The second-order valence-electron chi connectivity index (χ2n) is 7.51. The molecule has 1 saturated heterocycles. The number of hydrogen-bond acceptors (Lipinski definition) is 5. The highest BCUT2D eigenvalue weighted by atomic mass is 32.2. The Morgan fingerprint density at radius 1 is 1.31 bits per heavy atom. The molecule has 1 aliphatic heterocycles. The number of guanidine groups is 1. The van der Waals surface area contributed by atoms with Gasteiger partial charge in [-0.25, -0.2) is 13.1 Å². The highest BCUT2D eigenvalue weighted by Crippen LogP contribution is 2.13. The van der Waals surface area contributed by atoms with Crippen LogP contribution in [0.25, 0.3) is 0 Å². The van der Waals surface area contributed by atoms with Crippen LogP contribution in [0.5, 0.6) is 0 Å². The molecule has 0 bridgehead atoms. The third kappa shape index (κ3) is 7.58. The van der Waals surface area contributed by atoms with E-state index in [9.17, 15) is 8.42 Å². The molecule has 3 N–H and O–H groups in total. The van der Waals surface area contributed by atoms with Crippen LogP contribution in [-0.4, -0.2) is 71.8 Å². The molecule has 0 saturated carbocycles. The smallest absolute Gasteiger partial charge is 0.240 e. The van der Waals surface area contributed by atoms with E-state index in [0.29, 0.717) is 25.2 Å². The molecular formula is C20H35N5O3S. The Morgan fingerprint density at radius 3 is 2.66 bits per heavy atom. The highest BCUT2D eigenvalue weighted by Gasteiger charge is 2.21. The largest absolute Gasteiger partial charge is 0.383 e. The second-order valence-corrected chi connectivity index (χ2v) is 9.28. The van der Waals surface area contributed by atoms with Gasteiger partial charge in [-0.15, -0.1) is 0 Å². The number of aliphatic imine (C=N–C) groups is 1. The number of piperidine rings is 1. The van der Waals surface area contributed by atoms with E-state index < -0.39 is 10.0 Å². The van der Waals surface area contributed by atoms with Crippen LogP contribution in [0, 0.1) is 0 Å². The van der Waals surface area contributed by atoms with Crippen molar-refractivity contribution in [2.45, 2.75) is 50.2 Å². The SMILES string of the molecule is CN=C(NCc1cccc(S(=O)(=O)NCCOC)c1)NC1CCN(C(C)C)CC1. The van der Waals surface area contributed by atoms with Crippen molar-refractivity contribution in [3.63, 3.8) is 0 Å². The normalized spacial score (nSPS) is 16.9. The third-order valence-electron chi connectivity index (χ3n) is 5.09. The Kier molecular flexibility index (Phi) is 9.35. The van der Waals surface area contributed by atoms with Gasteiger partial charge in [-0.05, 0) is 44.4 Å². The van der Waals surface area contributed by atoms with E-state index >= 15 is 0 Å². The quantitative estimate of drug-likeness (QED) is 0.312. The lowest BCUT2D eigenvalue weighted by Crippen LogP contribution is -2.49. The van der Waals surface area contributed by atoms with Crippen LogP contribution in [0.1, 0.15) is 32.3 Å². The Hall–Kier alpha value is -1.68. The highest BCUT2D eigenvalue weighted by molar-refractivity contribution is 7.89. The number of rotatable bonds is 9. The van der Waals surface area contributed by atoms with Gasteiger partial charge in [0.1, 0.15) is 0 Å². The molecule has 1 fully saturated rings. The van der Waals surface area contributed by atoms with Crippen LogP contribution in [0.2, 0.25) is 0 Å². The molecule has 9 heteroatoms. The van der Waals surface area contributed by atoms with Gasteiger partial charge in [-0.1, -0.05) is 12.1 Å². The molecule has 0 amide bonds. The summed E-state index contributed by atoms with van der Waals surface area (Å²) in [6.45, 7) is 7.70. The second kappa shape index (κ2) is 11.5. The lowest BCUT2D eigenvalue weighted by atomic mass is 10.0. The zero-order valence-electron chi connectivity index (χ0n) is 17.9. The molecule has 0 radical (unpaired) electrons. The Balaban J connectivity index is 1.88. The maximum absolute atomic E-state index is 12.4. The van der Waals surface area contributed by atoms with Crippen molar-refractivity contribution >= 4 is 16.0 Å². The molecule has 0 atom stereocenters. The van der Waals surface area contributed by atoms with E-state index in [0.717, 1.165) is 37.5 Å². The fraction of sp³-hybridized carbons (Fsp3) is 0.650. The number of ether oxygens (including phenoxy) is 1. The molecule has 0 aromatic heterocycles. The van der Waals surface area contributed by atoms with Gasteiger partial charge < -0.3 is 20.3 Å². The fourth-order valence-corrected chi connectivity index (χ4v) is 4.40. The first-order valence-corrected chi connectivity index (χ1v) is 11.6. The van der Waals surface area contributed by atoms with Crippen molar-refractivity contribution in [1.29, 1.82) is 0 Å². The first kappa shape index (κ1) is 23.6. The number of likely N-dealkylation sites (tertiary alicyclic amines) is 1. The summed E-state index contributed by atoms with van der Waals surface area (Å²) in [4.78, 5) is 7.04. The average Bonchev–Trinajstić information content (AvgIpc) is 2.71. The molecule has 1 aromatic carbocycles. The summed E-state index contributed by atoms with van der Waals surface area (Å²) in [5.41, 5.74) is 0.872. The Bertz CT molecular complexity index is 759. The fourth-order valence-electron chi connectivity index (χ4n) is 3.32. The van der Waals surface area contributed by atoms with Crippen molar-refractivity contribution in [2.24, 2.45) is 4.99 Å². The van der Waals surface area contributed by atoms with E-state index in [4.69, 9.17) is 4.74 Å². The van der Waals surface area contributed by atoms with Crippen LogP contribution in [0.3, 0.4) is 0 Å². The van der Waals surface area contributed by atoms with E-state index in [-0.39, 0.29) is 11.4 Å². The van der Waals surface area contributed by atoms with Gasteiger partial charge >= 0.3 is 0 Å². The molecule has 8 nitrogen and oxygen atoms in total. The average molecular weight is 426 g/mol. The minimum absolute atomic E-state index is 0.244. The van der Waals surface area contributed by atoms with Gasteiger partial charge in [-0.2, -0.15) is 0 Å². The number of benzene rings is 1. The van der Waals surface area contributed by atoms with Crippen molar-refractivity contribution in [3.05, 3.63) is 29.8 Å². The maximum Gasteiger partial charge on any atom is 0.240 e. The van der Waals surface area contributed by atoms with Crippen molar-refractivity contribution in [1.82, 2.24) is 20.3 Å². The Morgan fingerprint density at radius 2 is 2.03 bits per heavy atom.